The number of carboxylic acid groups (broad SMARTS) is 1. The van der Waals surface area contributed by atoms with Crippen molar-refractivity contribution in [3.63, 3.8) is 0 Å². The summed E-state index contributed by atoms with van der Waals surface area (Å²) in [5.74, 6) is -1.68. The van der Waals surface area contributed by atoms with E-state index >= 15 is 0 Å². The quantitative estimate of drug-likeness (QED) is 0.441. The summed E-state index contributed by atoms with van der Waals surface area (Å²) in [5.41, 5.74) is 0.588. The Hall–Kier alpha value is -2.43. The van der Waals surface area contributed by atoms with Crippen LogP contribution in [-0.4, -0.2) is 23.3 Å². The molecule has 82 valence electrons. The normalized spacial score (nSPS) is 10.0. The van der Waals surface area contributed by atoms with Crippen LogP contribution in [0.25, 0.3) is 0 Å². The molecule has 5 nitrogen and oxygen atoms in total. The van der Waals surface area contributed by atoms with Gasteiger partial charge in [-0.3, -0.25) is 9.59 Å². The zero-order valence-electron chi connectivity index (χ0n) is 8.21. The van der Waals surface area contributed by atoms with E-state index in [0.717, 1.165) is 12.2 Å². The Labute approximate surface area is 91.4 Å². The molecule has 1 aromatic rings. The van der Waals surface area contributed by atoms with E-state index in [0.29, 0.717) is 12.1 Å². The summed E-state index contributed by atoms with van der Waals surface area (Å²) >= 11 is 0. The molecule has 0 saturated carbocycles. The molecule has 0 unspecified atom stereocenters. The second-order valence-corrected chi connectivity index (χ2v) is 2.84. The Morgan fingerprint density at radius 3 is 2.50 bits per heavy atom. The van der Waals surface area contributed by atoms with Crippen LogP contribution in [0.3, 0.4) is 0 Å². The van der Waals surface area contributed by atoms with Gasteiger partial charge in [-0.15, -0.1) is 0 Å². The topological polar surface area (TPSA) is 83.5 Å². The number of para-hydroxylation sites is 1. The van der Waals surface area contributed by atoms with Gasteiger partial charge in [-0.25, -0.2) is 4.79 Å². The Bertz CT molecular complexity index is 451. The lowest BCUT2D eigenvalue weighted by Crippen LogP contribution is -2.03. The molecule has 0 spiro atoms. The summed E-state index contributed by atoms with van der Waals surface area (Å²) in [7, 11) is 0. The summed E-state index contributed by atoms with van der Waals surface area (Å²) < 4.78 is 0. The average Bonchev–Trinajstić information content (AvgIpc) is 2.27. The van der Waals surface area contributed by atoms with E-state index in [9.17, 15) is 14.4 Å². The van der Waals surface area contributed by atoms with Crippen LogP contribution >= 0.6 is 0 Å². The minimum Gasteiger partial charge on any atom is -0.478 e. The maximum absolute atomic E-state index is 11.5. The van der Waals surface area contributed by atoms with Crippen molar-refractivity contribution in [2.45, 2.75) is 0 Å². The largest absolute Gasteiger partial charge is 0.478 e. The fourth-order valence-electron chi connectivity index (χ4n) is 1.12. The lowest BCUT2D eigenvalue weighted by molar-refractivity contribution is -0.131. The lowest BCUT2D eigenvalue weighted by Gasteiger charge is -2.03. The Morgan fingerprint density at radius 2 is 1.88 bits per heavy atom. The van der Waals surface area contributed by atoms with Gasteiger partial charge in [-0.1, -0.05) is 12.1 Å². The van der Waals surface area contributed by atoms with Crippen LogP contribution in [0.1, 0.15) is 10.4 Å². The highest BCUT2D eigenvalue weighted by molar-refractivity contribution is 6.10. The van der Waals surface area contributed by atoms with Crippen molar-refractivity contribution in [2.75, 3.05) is 5.32 Å². The molecule has 0 bridgehead atoms. The molecule has 0 fully saturated rings. The highest BCUT2D eigenvalue weighted by atomic mass is 16.4. The number of carbonyl (C=O) groups is 3. The van der Waals surface area contributed by atoms with Crippen molar-refractivity contribution in [1.82, 2.24) is 0 Å². The third-order valence-electron chi connectivity index (χ3n) is 1.78. The molecule has 0 aromatic heterocycles. The zero-order valence-corrected chi connectivity index (χ0v) is 8.21. The van der Waals surface area contributed by atoms with Crippen molar-refractivity contribution in [3.8, 4) is 0 Å². The molecule has 0 atom stereocenters. The number of hydrogen-bond donors (Lipinski definition) is 2. The summed E-state index contributed by atoms with van der Waals surface area (Å²) in [6.07, 6.45) is 2.14. The first-order chi connectivity index (χ1) is 7.65. The van der Waals surface area contributed by atoms with E-state index in [1.807, 2.05) is 0 Å². The van der Waals surface area contributed by atoms with Gasteiger partial charge >= 0.3 is 5.97 Å². The molecule has 1 amide bonds. The smallest absolute Gasteiger partial charge is 0.328 e. The number of amides is 1. The van der Waals surface area contributed by atoms with Gasteiger partial charge in [0.15, 0.2) is 5.78 Å². The standard InChI is InChI=1S/C11H9NO4/c13-7-12-9-4-2-1-3-8(9)10(14)5-6-11(15)16/h1-7H,(H,12,13)(H,15,16)/b6-5+. The molecule has 0 saturated heterocycles. The molecular formula is C11H9NO4. The number of ketones is 1. The van der Waals surface area contributed by atoms with Gasteiger partial charge in [-0.05, 0) is 18.2 Å². The van der Waals surface area contributed by atoms with Crippen LogP contribution < -0.4 is 5.32 Å². The van der Waals surface area contributed by atoms with Gasteiger partial charge in [-0.2, -0.15) is 0 Å². The van der Waals surface area contributed by atoms with Crippen LogP contribution in [0.4, 0.5) is 5.69 Å². The number of nitrogens with one attached hydrogen (secondary N) is 1. The monoisotopic (exact) mass is 219 g/mol. The molecular weight excluding hydrogens is 210 g/mol. The summed E-state index contributed by atoms with van der Waals surface area (Å²) in [6.45, 7) is 0. The van der Waals surface area contributed by atoms with Gasteiger partial charge in [0, 0.05) is 11.6 Å². The molecule has 0 radical (unpaired) electrons. The maximum atomic E-state index is 11.5. The third-order valence-corrected chi connectivity index (χ3v) is 1.78. The van der Waals surface area contributed by atoms with Crippen molar-refractivity contribution in [2.24, 2.45) is 0 Å². The molecule has 0 aliphatic heterocycles. The molecule has 0 aliphatic carbocycles. The second kappa shape index (κ2) is 5.45. The first kappa shape index (κ1) is 11.6. The molecule has 1 rings (SSSR count). The Balaban J connectivity index is 2.98. The third kappa shape index (κ3) is 3.06. The molecule has 5 heteroatoms. The van der Waals surface area contributed by atoms with E-state index in [1.165, 1.54) is 6.07 Å². The van der Waals surface area contributed by atoms with E-state index < -0.39 is 11.8 Å². The number of aliphatic carboxylic acids is 1. The number of hydrogen-bond acceptors (Lipinski definition) is 3. The predicted molar refractivity (Wildman–Crippen MR) is 57.2 cm³/mol. The number of carboxylic acids is 1. The van der Waals surface area contributed by atoms with Crippen LogP contribution in [0.15, 0.2) is 36.4 Å². The summed E-state index contributed by atoms with van der Waals surface area (Å²) in [5, 5.41) is 10.7. The van der Waals surface area contributed by atoms with Crippen molar-refractivity contribution in [1.29, 1.82) is 0 Å². The molecule has 16 heavy (non-hydrogen) atoms. The van der Waals surface area contributed by atoms with Crippen LogP contribution in [-0.2, 0) is 9.59 Å². The summed E-state index contributed by atoms with van der Waals surface area (Å²) in [6, 6.07) is 6.33. The van der Waals surface area contributed by atoms with E-state index in [-0.39, 0.29) is 5.56 Å². The number of carbonyl (C=O) groups excluding carboxylic acids is 2. The average molecular weight is 219 g/mol. The van der Waals surface area contributed by atoms with Gasteiger partial charge in [0.1, 0.15) is 0 Å². The van der Waals surface area contributed by atoms with E-state index in [4.69, 9.17) is 5.11 Å². The van der Waals surface area contributed by atoms with Gasteiger partial charge < -0.3 is 10.4 Å². The van der Waals surface area contributed by atoms with Crippen LogP contribution in [0.5, 0.6) is 0 Å². The van der Waals surface area contributed by atoms with Crippen LogP contribution in [0.2, 0.25) is 0 Å². The SMILES string of the molecule is O=CNc1ccccc1C(=O)/C=C/C(=O)O. The minimum atomic E-state index is -1.20. The minimum absolute atomic E-state index is 0.243. The number of anilines is 1. The van der Waals surface area contributed by atoms with Gasteiger partial charge in [0.25, 0.3) is 0 Å². The fourth-order valence-corrected chi connectivity index (χ4v) is 1.12. The molecule has 2 N–H and O–H groups in total. The first-order valence-electron chi connectivity index (χ1n) is 4.39. The molecule has 1 aromatic carbocycles. The molecule has 0 aliphatic rings. The molecule has 0 heterocycles. The number of benzene rings is 1. The van der Waals surface area contributed by atoms with Gasteiger partial charge in [0.05, 0.1) is 5.69 Å². The predicted octanol–water partition coefficient (Wildman–Crippen LogP) is 1.08. The fraction of sp³-hybridized carbons (Fsp3) is 0. The second-order valence-electron chi connectivity index (χ2n) is 2.84. The van der Waals surface area contributed by atoms with Gasteiger partial charge in [0.2, 0.25) is 6.41 Å². The van der Waals surface area contributed by atoms with Crippen molar-refractivity contribution in [3.05, 3.63) is 42.0 Å². The van der Waals surface area contributed by atoms with E-state index in [2.05, 4.69) is 5.32 Å². The highest BCUT2D eigenvalue weighted by Crippen LogP contribution is 2.15. The maximum Gasteiger partial charge on any atom is 0.328 e. The first-order valence-corrected chi connectivity index (χ1v) is 4.39. The Kier molecular flexibility index (Phi) is 3.97. The van der Waals surface area contributed by atoms with Crippen LogP contribution in [0, 0.1) is 0 Å². The van der Waals surface area contributed by atoms with Crippen molar-refractivity contribution < 1.29 is 19.5 Å². The number of allylic oxidation sites excluding steroid dienone is 1. The Morgan fingerprint density at radius 1 is 1.19 bits per heavy atom. The highest BCUT2D eigenvalue weighted by Gasteiger charge is 2.07. The number of rotatable bonds is 5. The lowest BCUT2D eigenvalue weighted by atomic mass is 10.1. The van der Waals surface area contributed by atoms with Crippen molar-refractivity contribution >= 4 is 23.9 Å². The van der Waals surface area contributed by atoms with E-state index in [1.54, 1.807) is 18.2 Å². The zero-order chi connectivity index (χ0) is 12.0. The summed E-state index contributed by atoms with van der Waals surface area (Å²) in [4.78, 5) is 32.1.